The van der Waals surface area contributed by atoms with Crippen molar-refractivity contribution in [3.05, 3.63) is 0 Å². The Bertz CT molecular complexity index is 215. The number of piperazine rings is 1. The predicted octanol–water partition coefficient (Wildman–Crippen LogP) is -0.447. The summed E-state index contributed by atoms with van der Waals surface area (Å²) >= 11 is 0. The van der Waals surface area contributed by atoms with Crippen LogP contribution in [0.2, 0.25) is 0 Å². The van der Waals surface area contributed by atoms with Crippen molar-refractivity contribution in [1.29, 1.82) is 0 Å². The van der Waals surface area contributed by atoms with Crippen LogP contribution in [0, 0.1) is 0 Å². The molecule has 12 heavy (non-hydrogen) atoms. The summed E-state index contributed by atoms with van der Waals surface area (Å²) in [6, 6.07) is 0.226. The number of ether oxygens (including phenoxy) is 1. The molecule has 2 aliphatic rings. The fourth-order valence-electron chi connectivity index (χ4n) is 2.04. The second kappa shape index (κ2) is 2.44. The van der Waals surface area contributed by atoms with Crippen LogP contribution in [-0.2, 0) is 9.53 Å². The minimum atomic E-state index is -0.394. The minimum absolute atomic E-state index is 0.147. The van der Waals surface area contributed by atoms with E-state index in [1.54, 1.807) is 0 Å². The van der Waals surface area contributed by atoms with Crippen LogP contribution in [0.3, 0.4) is 0 Å². The van der Waals surface area contributed by atoms with E-state index >= 15 is 0 Å². The number of carbonyl (C=O) groups excluding carboxylic acids is 1. The highest BCUT2D eigenvalue weighted by molar-refractivity contribution is 5.80. The van der Waals surface area contributed by atoms with E-state index in [1.165, 1.54) is 0 Å². The van der Waals surface area contributed by atoms with Gasteiger partial charge in [0.15, 0.2) is 5.72 Å². The van der Waals surface area contributed by atoms with E-state index in [-0.39, 0.29) is 11.9 Å². The third-order valence-electron chi connectivity index (χ3n) is 2.58. The van der Waals surface area contributed by atoms with Gasteiger partial charge in [0.2, 0.25) is 5.91 Å². The number of fused-ring (bicyclic) bond motifs is 1. The van der Waals surface area contributed by atoms with Crippen LogP contribution in [0.15, 0.2) is 0 Å². The maximum absolute atomic E-state index is 11.5. The fraction of sp³-hybridized carbons (Fsp3) is 0.875. The standard InChI is InChI=1S/C8H14N2O2/c1-6-4-12-8(2)5-9-3-7(11)10(6)8/h6,9H,3-5H2,1-2H3/t6-,8+/m1/s1. The van der Waals surface area contributed by atoms with E-state index in [0.717, 1.165) is 6.54 Å². The van der Waals surface area contributed by atoms with Crippen molar-refractivity contribution in [2.24, 2.45) is 0 Å². The molecule has 0 bridgehead atoms. The van der Waals surface area contributed by atoms with Crippen molar-refractivity contribution in [2.75, 3.05) is 19.7 Å². The molecular weight excluding hydrogens is 156 g/mol. The molecule has 1 amide bonds. The summed E-state index contributed by atoms with van der Waals surface area (Å²) in [5.74, 6) is 0.147. The third-order valence-corrected chi connectivity index (χ3v) is 2.58. The second-order valence-electron chi connectivity index (χ2n) is 3.70. The predicted molar refractivity (Wildman–Crippen MR) is 43.5 cm³/mol. The molecule has 2 rings (SSSR count). The number of carbonyl (C=O) groups is 1. The molecule has 0 aromatic carbocycles. The number of nitrogens with one attached hydrogen (secondary N) is 1. The maximum atomic E-state index is 11.5. The van der Waals surface area contributed by atoms with Gasteiger partial charge in [-0.25, -0.2) is 0 Å². The van der Waals surface area contributed by atoms with Gasteiger partial charge < -0.3 is 15.0 Å². The lowest BCUT2D eigenvalue weighted by atomic mass is 10.1. The topological polar surface area (TPSA) is 41.6 Å². The lowest BCUT2D eigenvalue weighted by Gasteiger charge is -2.39. The summed E-state index contributed by atoms with van der Waals surface area (Å²) in [7, 11) is 0. The molecule has 0 spiro atoms. The highest BCUT2D eigenvalue weighted by atomic mass is 16.5. The number of nitrogens with zero attached hydrogens (tertiary/aromatic N) is 1. The summed E-state index contributed by atoms with van der Waals surface area (Å²) in [5.41, 5.74) is -0.394. The molecule has 0 aromatic rings. The van der Waals surface area contributed by atoms with Gasteiger partial charge in [-0.3, -0.25) is 4.79 Å². The van der Waals surface area contributed by atoms with Crippen LogP contribution in [-0.4, -0.2) is 42.3 Å². The van der Waals surface area contributed by atoms with Crippen LogP contribution in [0.5, 0.6) is 0 Å². The normalized spacial score (nSPS) is 41.7. The monoisotopic (exact) mass is 170 g/mol. The Hall–Kier alpha value is -0.610. The lowest BCUT2D eigenvalue weighted by Crippen LogP contribution is -2.61. The van der Waals surface area contributed by atoms with Crippen molar-refractivity contribution in [3.8, 4) is 0 Å². The maximum Gasteiger partial charge on any atom is 0.239 e. The molecule has 2 fully saturated rings. The first-order valence-corrected chi connectivity index (χ1v) is 4.30. The van der Waals surface area contributed by atoms with Gasteiger partial charge in [0.1, 0.15) is 0 Å². The molecule has 0 aliphatic carbocycles. The van der Waals surface area contributed by atoms with Crippen LogP contribution in [0.4, 0.5) is 0 Å². The zero-order valence-corrected chi connectivity index (χ0v) is 7.46. The fourth-order valence-corrected chi connectivity index (χ4v) is 2.04. The number of hydrogen-bond acceptors (Lipinski definition) is 3. The molecule has 1 N–H and O–H groups in total. The van der Waals surface area contributed by atoms with Gasteiger partial charge >= 0.3 is 0 Å². The molecule has 4 nitrogen and oxygen atoms in total. The number of rotatable bonds is 0. The molecule has 0 radical (unpaired) electrons. The van der Waals surface area contributed by atoms with Gasteiger partial charge in [0.25, 0.3) is 0 Å². The molecule has 2 aliphatic heterocycles. The van der Waals surface area contributed by atoms with Crippen molar-refractivity contribution in [3.63, 3.8) is 0 Å². The van der Waals surface area contributed by atoms with Crippen LogP contribution < -0.4 is 5.32 Å². The van der Waals surface area contributed by atoms with Gasteiger partial charge in [-0.1, -0.05) is 0 Å². The molecule has 0 unspecified atom stereocenters. The van der Waals surface area contributed by atoms with Gasteiger partial charge in [0.05, 0.1) is 19.2 Å². The average molecular weight is 170 g/mol. The van der Waals surface area contributed by atoms with E-state index in [1.807, 2.05) is 18.7 Å². The Kier molecular flexibility index (Phi) is 1.63. The zero-order chi connectivity index (χ0) is 8.77. The molecule has 4 heteroatoms. The molecule has 2 saturated heterocycles. The third kappa shape index (κ3) is 0.949. The summed E-state index contributed by atoms with van der Waals surface area (Å²) in [6.45, 7) is 5.82. The van der Waals surface area contributed by atoms with E-state index < -0.39 is 5.72 Å². The van der Waals surface area contributed by atoms with E-state index in [0.29, 0.717) is 13.2 Å². The van der Waals surface area contributed by atoms with Crippen LogP contribution >= 0.6 is 0 Å². The zero-order valence-electron chi connectivity index (χ0n) is 7.46. The highest BCUT2D eigenvalue weighted by Gasteiger charge is 2.46. The summed E-state index contributed by atoms with van der Waals surface area (Å²) < 4.78 is 5.57. The Morgan fingerprint density at radius 1 is 1.75 bits per heavy atom. The van der Waals surface area contributed by atoms with E-state index in [4.69, 9.17) is 4.74 Å². The Morgan fingerprint density at radius 3 is 3.17 bits per heavy atom. The van der Waals surface area contributed by atoms with E-state index in [9.17, 15) is 4.79 Å². The van der Waals surface area contributed by atoms with Crippen molar-refractivity contribution >= 4 is 5.91 Å². The Balaban J connectivity index is 2.26. The van der Waals surface area contributed by atoms with Gasteiger partial charge in [0, 0.05) is 6.54 Å². The molecule has 0 aromatic heterocycles. The largest absolute Gasteiger partial charge is 0.352 e. The van der Waals surface area contributed by atoms with Crippen LogP contribution in [0.1, 0.15) is 13.8 Å². The number of hydrogen-bond donors (Lipinski definition) is 1. The highest BCUT2D eigenvalue weighted by Crippen LogP contribution is 2.28. The molecular formula is C8H14N2O2. The van der Waals surface area contributed by atoms with Crippen molar-refractivity contribution in [1.82, 2.24) is 10.2 Å². The molecule has 2 atom stereocenters. The molecule has 0 saturated carbocycles. The van der Waals surface area contributed by atoms with Gasteiger partial charge in [-0.2, -0.15) is 0 Å². The summed E-state index contributed by atoms with van der Waals surface area (Å²) in [6.07, 6.45) is 0. The van der Waals surface area contributed by atoms with Gasteiger partial charge in [-0.15, -0.1) is 0 Å². The lowest BCUT2D eigenvalue weighted by molar-refractivity contribution is -0.152. The first-order chi connectivity index (χ1) is 5.63. The first kappa shape index (κ1) is 8.01. The summed E-state index contributed by atoms with van der Waals surface area (Å²) in [4.78, 5) is 13.3. The summed E-state index contributed by atoms with van der Waals surface area (Å²) in [5, 5.41) is 3.05. The quantitative estimate of drug-likeness (QED) is 0.535. The Morgan fingerprint density at radius 2 is 2.50 bits per heavy atom. The van der Waals surface area contributed by atoms with Gasteiger partial charge in [-0.05, 0) is 13.8 Å². The smallest absolute Gasteiger partial charge is 0.239 e. The van der Waals surface area contributed by atoms with E-state index in [2.05, 4.69) is 5.32 Å². The average Bonchev–Trinajstić information content (AvgIpc) is 2.29. The second-order valence-corrected chi connectivity index (χ2v) is 3.70. The molecule has 68 valence electrons. The number of amides is 1. The minimum Gasteiger partial charge on any atom is -0.352 e. The SMILES string of the molecule is C[C@@H]1CO[C@@]2(C)CNCC(=O)N12. The van der Waals surface area contributed by atoms with Crippen LogP contribution in [0.25, 0.3) is 0 Å². The van der Waals surface area contributed by atoms with Crippen molar-refractivity contribution in [2.45, 2.75) is 25.6 Å². The van der Waals surface area contributed by atoms with Crippen molar-refractivity contribution < 1.29 is 9.53 Å². The first-order valence-electron chi connectivity index (χ1n) is 4.30. The Labute approximate surface area is 71.9 Å². The molecule has 2 heterocycles.